The van der Waals surface area contributed by atoms with E-state index in [-0.39, 0.29) is 5.91 Å². The molecular formula is C13H15NO2. The lowest BCUT2D eigenvalue weighted by molar-refractivity contribution is -0.114. The van der Waals surface area contributed by atoms with Crippen molar-refractivity contribution in [3.63, 3.8) is 0 Å². The lowest BCUT2D eigenvalue weighted by atomic mass is 10.2. The van der Waals surface area contributed by atoms with Gasteiger partial charge in [0.2, 0.25) is 5.91 Å². The van der Waals surface area contributed by atoms with Crippen LogP contribution in [0, 0.1) is 6.92 Å². The number of carbonyl (C=O) groups excluding carboxylic acids is 1. The maximum atomic E-state index is 11.7. The van der Waals surface area contributed by atoms with Crippen LogP contribution in [0.5, 0.6) is 5.75 Å². The molecule has 0 bridgehead atoms. The van der Waals surface area contributed by atoms with Crippen molar-refractivity contribution >= 4 is 11.6 Å². The quantitative estimate of drug-likeness (QED) is 0.675. The SMILES string of the molecule is C=CC(=O)N1CCCOc2ccc(C)cc21. The number of hydrogen-bond donors (Lipinski definition) is 0. The van der Waals surface area contributed by atoms with Gasteiger partial charge in [-0.15, -0.1) is 0 Å². The monoisotopic (exact) mass is 217 g/mol. The first kappa shape index (κ1) is 10.7. The predicted octanol–water partition coefficient (Wildman–Crippen LogP) is 2.30. The van der Waals surface area contributed by atoms with Gasteiger partial charge < -0.3 is 9.64 Å². The number of ether oxygens (including phenoxy) is 1. The molecule has 3 heteroatoms. The molecule has 0 saturated carbocycles. The van der Waals surface area contributed by atoms with Gasteiger partial charge in [-0.1, -0.05) is 12.6 Å². The summed E-state index contributed by atoms with van der Waals surface area (Å²) >= 11 is 0. The normalized spacial score (nSPS) is 14.7. The van der Waals surface area contributed by atoms with Crippen molar-refractivity contribution in [2.45, 2.75) is 13.3 Å². The van der Waals surface area contributed by atoms with Gasteiger partial charge in [0, 0.05) is 6.54 Å². The fraction of sp³-hybridized carbons (Fsp3) is 0.308. The van der Waals surface area contributed by atoms with E-state index < -0.39 is 0 Å². The molecule has 3 nitrogen and oxygen atoms in total. The fourth-order valence-corrected chi connectivity index (χ4v) is 1.82. The van der Waals surface area contributed by atoms with Gasteiger partial charge in [-0.25, -0.2) is 0 Å². The molecule has 1 amide bonds. The van der Waals surface area contributed by atoms with Gasteiger partial charge in [0.1, 0.15) is 5.75 Å². The summed E-state index contributed by atoms with van der Waals surface area (Å²) in [5, 5.41) is 0. The van der Waals surface area contributed by atoms with E-state index in [1.165, 1.54) is 6.08 Å². The van der Waals surface area contributed by atoms with Crippen molar-refractivity contribution in [3.05, 3.63) is 36.4 Å². The second-order valence-corrected chi connectivity index (χ2v) is 3.87. The Morgan fingerprint density at radius 2 is 2.38 bits per heavy atom. The minimum Gasteiger partial charge on any atom is -0.491 e. The van der Waals surface area contributed by atoms with Crippen LogP contribution >= 0.6 is 0 Å². The maximum Gasteiger partial charge on any atom is 0.250 e. The summed E-state index contributed by atoms with van der Waals surface area (Å²) in [6, 6.07) is 5.88. The third-order valence-electron chi connectivity index (χ3n) is 2.63. The molecule has 0 fully saturated rings. The number of anilines is 1. The molecule has 0 spiro atoms. The zero-order valence-electron chi connectivity index (χ0n) is 9.40. The van der Waals surface area contributed by atoms with Crippen LogP contribution in [0.15, 0.2) is 30.9 Å². The largest absolute Gasteiger partial charge is 0.491 e. The molecule has 1 aromatic rings. The summed E-state index contributed by atoms with van der Waals surface area (Å²) in [6.45, 7) is 6.86. The Hall–Kier alpha value is -1.77. The molecule has 0 N–H and O–H groups in total. The summed E-state index contributed by atoms with van der Waals surface area (Å²) in [5.74, 6) is 0.704. The first-order valence-corrected chi connectivity index (χ1v) is 5.40. The van der Waals surface area contributed by atoms with E-state index in [1.54, 1.807) is 4.90 Å². The molecule has 16 heavy (non-hydrogen) atoms. The number of rotatable bonds is 1. The smallest absolute Gasteiger partial charge is 0.250 e. The Morgan fingerprint density at radius 1 is 1.56 bits per heavy atom. The van der Waals surface area contributed by atoms with Crippen LogP contribution in [0.1, 0.15) is 12.0 Å². The summed E-state index contributed by atoms with van der Waals surface area (Å²) < 4.78 is 5.60. The van der Waals surface area contributed by atoms with Crippen LogP contribution in [0.2, 0.25) is 0 Å². The molecule has 1 aliphatic rings. The van der Waals surface area contributed by atoms with Crippen molar-refractivity contribution in [1.29, 1.82) is 0 Å². The molecule has 0 saturated heterocycles. The van der Waals surface area contributed by atoms with Gasteiger partial charge >= 0.3 is 0 Å². The Labute approximate surface area is 95.3 Å². The molecule has 0 radical (unpaired) electrons. The number of hydrogen-bond acceptors (Lipinski definition) is 2. The number of fused-ring (bicyclic) bond motifs is 1. The number of aryl methyl sites for hydroxylation is 1. The van der Waals surface area contributed by atoms with Crippen LogP contribution in [0.3, 0.4) is 0 Å². The number of benzene rings is 1. The highest BCUT2D eigenvalue weighted by Gasteiger charge is 2.20. The molecule has 84 valence electrons. The molecule has 2 rings (SSSR count). The summed E-state index contributed by atoms with van der Waals surface area (Å²) in [4.78, 5) is 13.5. The summed E-state index contributed by atoms with van der Waals surface area (Å²) in [5.41, 5.74) is 1.97. The number of nitrogens with zero attached hydrogens (tertiary/aromatic N) is 1. The van der Waals surface area contributed by atoms with Crippen molar-refractivity contribution in [2.24, 2.45) is 0 Å². The topological polar surface area (TPSA) is 29.5 Å². The molecule has 1 aromatic carbocycles. The average Bonchev–Trinajstić information content (AvgIpc) is 2.50. The zero-order chi connectivity index (χ0) is 11.5. The maximum absolute atomic E-state index is 11.7. The van der Waals surface area contributed by atoms with E-state index >= 15 is 0 Å². The minimum atomic E-state index is -0.0719. The third kappa shape index (κ3) is 1.94. The van der Waals surface area contributed by atoms with Gasteiger partial charge in [-0.2, -0.15) is 0 Å². The van der Waals surface area contributed by atoms with E-state index in [4.69, 9.17) is 4.74 Å². The molecule has 0 aromatic heterocycles. The van der Waals surface area contributed by atoms with Gasteiger partial charge in [-0.05, 0) is 37.1 Å². The fourth-order valence-electron chi connectivity index (χ4n) is 1.82. The number of carbonyl (C=O) groups is 1. The van der Waals surface area contributed by atoms with Crippen LogP contribution in [-0.2, 0) is 4.79 Å². The Bertz CT molecular complexity index is 426. The van der Waals surface area contributed by atoms with Crippen molar-refractivity contribution in [2.75, 3.05) is 18.1 Å². The summed E-state index contributed by atoms with van der Waals surface area (Å²) in [6.07, 6.45) is 2.19. The molecule has 0 atom stereocenters. The lowest BCUT2D eigenvalue weighted by Gasteiger charge is -2.20. The van der Waals surface area contributed by atoms with Gasteiger partial charge in [0.05, 0.1) is 12.3 Å². The zero-order valence-corrected chi connectivity index (χ0v) is 9.40. The first-order valence-electron chi connectivity index (χ1n) is 5.40. The van der Waals surface area contributed by atoms with E-state index in [1.807, 2.05) is 25.1 Å². The van der Waals surface area contributed by atoms with Crippen molar-refractivity contribution < 1.29 is 9.53 Å². The van der Waals surface area contributed by atoms with Crippen molar-refractivity contribution in [1.82, 2.24) is 0 Å². The minimum absolute atomic E-state index is 0.0719. The highest BCUT2D eigenvalue weighted by atomic mass is 16.5. The second kappa shape index (κ2) is 4.39. The average molecular weight is 217 g/mol. The molecular weight excluding hydrogens is 202 g/mol. The van der Waals surface area contributed by atoms with E-state index in [0.717, 1.165) is 23.4 Å². The Morgan fingerprint density at radius 3 is 3.12 bits per heavy atom. The van der Waals surface area contributed by atoms with E-state index in [9.17, 15) is 4.79 Å². The van der Waals surface area contributed by atoms with Crippen LogP contribution in [0.4, 0.5) is 5.69 Å². The standard InChI is InChI=1S/C13H15NO2/c1-3-13(15)14-7-4-8-16-12-6-5-10(2)9-11(12)14/h3,5-6,9H,1,4,7-8H2,2H3. The lowest BCUT2D eigenvalue weighted by Crippen LogP contribution is -2.29. The summed E-state index contributed by atoms with van der Waals surface area (Å²) in [7, 11) is 0. The van der Waals surface area contributed by atoms with E-state index in [2.05, 4.69) is 6.58 Å². The predicted molar refractivity (Wildman–Crippen MR) is 63.8 cm³/mol. The third-order valence-corrected chi connectivity index (χ3v) is 2.63. The second-order valence-electron chi connectivity index (χ2n) is 3.87. The molecule has 1 heterocycles. The van der Waals surface area contributed by atoms with E-state index in [0.29, 0.717) is 13.2 Å². The number of amides is 1. The van der Waals surface area contributed by atoms with Gasteiger partial charge in [0.25, 0.3) is 0 Å². The molecule has 0 aliphatic carbocycles. The van der Waals surface area contributed by atoms with Gasteiger partial charge in [0.15, 0.2) is 0 Å². The van der Waals surface area contributed by atoms with Gasteiger partial charge in [-0.3, -0.25) is 4.79 Å². The van der Waals surface area contributed by atoms with Crippen LogP contribution < -0.4 is 9.64 Å². The van der Waals surface area contributed by atoms with Crippen LogP contribution in [-0.4, -0.2) is 19.1 Å². The Balaban J connectivity index is 2.46. The van der Waals surface area contributed by atoms with Crippen molar-refractivity contribution in [3.8, 4) is 5.75 Å². The van der Waals surface area contributed by atoms with Crippen LogP contribution in [0.25, 0.3) is 0 Å². The highest BCUT2D eigenvalue weighted by molar-refractivity contribution is 6.02. The Kier molecular flexibility index (Phi) is 2.95. The first-order chi connectivity index (χ1) is 7.72. The molecule has 1 aliphatic heterocycles. The highest BCUT2D eigenvalue weighted by Crippen LogP contribution is 2.31. The molecule has 0 unspecified atom stereocenters.